The Morgan fingerprint density at radius 2 is 1.18 bits per heavy atom. The molecule has 1 saturated heterocycles. The zero-order valence-corrected chi connectivity index (χ0v) is 45.0. The molecule has 19 nitrogen and oxygen atoms in total. The minimum Gasteiger partial charge on any atom is -0.494 e. The maximum absolute atomic E-state index is 14.1. The van der Waals surface area contributed by atoms with Crippen LogP contribution in [-0.4, -0.2) is 105 Å². The normalized spacial score (nSPS) is 17.0. The molecular weight excluding hydrogens is 1010 g/mol. The Kier molecular flexibility index (Phi) is 15.3. The van der Waals surface area contributed by atoms with E-state index < -0.39 is 28.8 Å². The van der Waals surface area contributed by atoms with E-state index in [0.717, 1.165) is 33.6 Å². The molecule has 5 aliphatic rings. The molecule has 79 heavy (non-hydrogen) atoms. The molecule has 0 saturated carbocycles. The van der Waals surface area contributed by atoms with Gasteiger partial charge in [0.15, 0.2) is 23.0 Å². The summed E-state index contributed by atoms with van der Waals surface area (Å²) in [4.78, 5) is 96.2. The predicted octanol–water partition coefficient (Wildman–Crippen LogP) is 8.53. The Morgan fingerprint density at radius 1 is 0.658 bits per heavy atom. The summed E-state index contributed by atoms with van der Waals surface area (Å²) in [6, 6.07) is 27.6. The highest BCUT2D eigenvalue weighted by Crippen LogP contribution is 2.43. The second-order valence-electron chi connectivity index (χ2n) is 21.3. The number of aliphatic imine (C=N–C) groups is 2. The van der Waals surface area contributed by atoms with Crippen molar-refractivity contribution in [3.05, 3.63) is 124 Å². The number of amides is 5. The fraction of sp³-hybridized carbons (Fsp3) is 0.367. The van der Waals surface area contributed by atoms with Gasteiger partial charge in [0, 0.05) is 74.6 Å². The van der Waals surface area contributed by atoms with Crippen LogP contribution in [0, 0.1) is 5.41 Å². The van der Waals surface area contributed by atoms with Crippen molar-refractivity contribution in [3.8, 4) is 28.7 Å². The Hall–Kier alpha value is -8.58. The van der Waals surface area contributed by atoms with Gasteiger partial charge in [-0.25, -0.2) is 4.79 Å². The highest BCUT2D eigenvalue weighted by molar-refractivity contribution is 6.16. The number of ether oxygens (including phenoxy) is 6. The maximum Gasteiger partial charge on any atom is 0.341 e. The van der Waals surface area contributed by atoms with Crippen molar-refractivity contribution >= 4 is 70.7 Å². The van der Waals surface area contributed by atoms with Crippen LogP contribution in [0.5, 0.6) is 28.7 Å². The number of hydrogen-bond donors (Lipinski definition) is 1. The zero-order chi connectivity index (χ0) is 55.6. The van der Waals surface area contributed by atoms with Gasteiger partial charge in [-0.2, -0.15) is 0 Å². The zero-order valence-electron chi connectivity index (χ0n) is 45.0. The van der Waals surface area contributed by atoms with Gasteiger partial charge in [-0.05, 0) is 105 Å². The molecule has 1 fully saturated rings. The molecule has 0 bridgehead atoms. The lowest BCUT2D eigenvalue weighted by atomic mass is 9.94. The number of nitrogens with zero attached hydrogens (tertiary/aromatic N) is 5. The molecule has 5 heterocycles. The van der Waals surface area contributed by atoms with Crippen LogP contribution in [0.3, 0.4) is 0 Å². The fourth-order valence-electron chi connectivity index (χ4n) is 10.1. The first kappa shape index (κ1) is 53.8. The average Bonchev–Trinajstić information content (AvgIpc) is 4.06. The number of benzene rings is 5. The van der Waals surface area contributed by atoms with Crippen molar-refractivity contribution in [2.45, 2.75) is 104 Å². The first-order chi connectivity index (χ1) is 38.0. The molecule has 5 aromatic rings. The third kappa shape index (κ3) is 11.5. The topological polar surface area (TPSA) is 214 Å². The second-order valence-corrected chi connectivity index (χ2v) is 21.3. The molecule has 410 valence electrons. The van der Waals surface area contributed by atoms with E-state index in [1.54, 1.807) is 60.3 Å². The van der Waals surface area contributed by atoms with E-state index in [4.69, 9.17) is 43.2 Å². The third-order valence-corrected chi connectivity index (χ3v) is 14.5. The molecule has 5 aliphatic heterocycles. The molecule has 10 rings (SSSR count). The molecule has 5 aromatic carbocycles. The predicted molar refractivity (Wildman–Crippen MR) is 292 cm³/mol. The first-order valence-corrected chi connectivity index (χ1v) is 26.3. The van der Waals surface area contributed by atoms with Gasteiger partial charge in [0.25, 0.3) is 23.6 Å². The van der Waals surface area contributed by atoms with Crippen molar-refractivity contribution < 1.29 is 62.0 Å². The standard InChI is InChI=1S/C60H62N6O13/c1-59(2,58(72)79-66-54(68)17-18-55(66)69)35-78-60(3,4)19-20-61-53(67)16-11-21-75-42-23-36(33-76-51-29-45-43(27-49(51)73-5)56(70)64-40(31-62-45)25-38-12-7-9-14-47(38)64)22-37(24-42)34-77-52-30-46-44(28-50(52)74-6)57(71)65-41(32-63-46)26-39-13-8-10-15-48(39)65/h7-10,12-15,22-24,27-32,40-41H,11,16-21,25-26,33-35H2,1-6H3,(H,61,67)/t40-,41-/m0/s1. The van der Waals surface area contributed by atoms with Crippen LogP contribution in [0.15, 0.2) is 101 Å². The van der Waals surface area contributed by atoms with Gasteiger partial charge in [-0.15, -0.1) is 5.06 Å². The number of fused-ring (bicyclic) bond motifs is 8. The molecule has 5 amide bonds. The van der Waals surface area contributed by atoms with Gasteiger partial charge in [0.05, 0.1) is 73.0 Å². The van der Waals surface area contributed by atoms with Gasteiger partial charge in [-0.1, -0.05) is 36.4 Å². The van der Waals surface area contributed by atoms with Crippen LogP contribution in [0.25, 0.3) is 0 Å². The Labute approximate surface area is 457 Å². The Morgan fingerprint density at radius 3 is 1.70 bits per heavy atom. The second kappa shape index (κ2) is 22.4. The summed E-state index contributed by atoms with van der Waals surface area (Å²) in [7, 11) is 3.04. The van der Waals surface area contributed by atoms with E-state index in [1.165, 1.54) is 14.2 Å². The molecule has 0 aromatic heterocycles. The molecule has 0 unspecified atom stereocenters. The van der Waals surface area contributed by atoms with Crippen molar-refractivity contribution in [1.29, 1.82) is 0 Å². The molecule has 1 N–H and O–H groups in total. The number of nitrogens with one attached hydrogen (secondary N) is 1. The van der Waals surface area contributed by atoms with E-state index >= 15 is 0 Å². The minimum absolute atomic E-state index is 0.00264. The number of para-hydroxylation sites is 2. The summed E-state index contributed by atoms with van der Waals surface area (Å²) in [5.74, 6) is -0.444. The molecule has 2 atom stereocenters. The summed E-state index contributed by atoms with van der Waals surface area (Å²) >= 11 is 0. The van der Waals surface area contributed by atoms with E-state index in [2.05, 4.69) is 5.32 Å². The summed E-state index contributed by atoms with van der Waals surface area (Å²) in [5.41, 5.74) is 5.12. The van der Waals surface area contributed by atoms with Crippen LogP contribution < -0.4 is 38.8 Å². The van der Waals surface area contributed by atoms with Gasteiger partial charge >= 0.3 is 5.97 Å². The minimum atomic E-state index is -1.16. The monoisotopic (exact) mass is 1070 g/mol. The van der Waals surface area contributed by atoms with Crippen LogP contribution in [-0.2, 0) is 54.8 Å². The summed E-state index contributed by atoms with van der Waals surface area (Å²) in [5, 5.41) is 3.46. The summed E-state index contributed by atoms with van der Waals surface area (Å²) in [6.07, 6.45) is 5.92. The number of hydrogen-bond acceptors (Lipinski definition) is 15. The van der Waals surface area contributed by atoms with Crippen LogP contribution >= 0.6 is 0 Å². The van der Waals surface area contributed by atoms with Crippen molar-refractivity contribution in [1.82, 2.24) is 10.4 Å². The molecule has 19 heteroatoms. The molecule has 0 aliphatic carbocycles. The quantitative estimate of drug-likeness (QED) is 0.0540. The first-order valence-electron chi connectivity index (χ1n) is 26.3. The van der Waals surface area contributed by atoms with Gasteiger partial charge in [0.1, 0.15) is 19.0 Å². The van der Waals surface area contributed by atoms with Crippen molar-refractivity contribution in [3.63, 3.8) is 0 Å². The summed E-state index contributed by atoms with van der Waals surface area (Å²) in [6.45, 7) is 7.46. The average molecular weight is 1080 g/mol. The van der Waals surface area contributed by atoms with Crippen LogP contribution in [0.2, 0.25) is 0 Å². The number of carbonyl (C=O) groups excluding carboxylic acids is 6. The van der Waals surface area contributed by atoms with Gasteiger partial charge < -0.3 is 38.6 Å². The largest absolute Gasteiger partial charge is 0.494 e. The highest BCUT2D eigenvalue weighted by Gasteiger charge is 2.41. The Balaban J connectivity index is 0.799. The van der Waals surface area contributed by atoms with E-state index in [-0.39, 0.29) is 75.5 Å². The molecular formula is C60H62N6O13. The smallest absolute Gasteiger partial charge is 0.341 e. The van der Waals surface area contributed by atoms with Crippen LogP contribution in [0.1, 0.15) is 103 Å². The Bertz CT molecular complexity index is 3140. The number of rotatable bonds is 21. The lowest BCUT2D eigenvalue weighted by molar-refractivity contribution is -0.207. The molecule has 0 radical (unpaired) electrons. The van der Waals surface area contributed by atoms with Crippen molar-refractivity contribution in [2.75, 3.05) is 43.8 Å². The van der Waals surface area contributed by atoms with Crippen LogP contribution in [0.4, 0.5) is 22.7 Å². The fourth-order valence-corrected chi connectivity index (χ4v) is 10.1. The van der Waals surface area contributed by atoms with Gasteiger partial charge in [-0.3, -0.25) is 43.8 Å². The third-order valence-electron chi connectivity index (χ3n) is 14.5. The van der Waals surface area contributed by atoms with E-state index in [9.17, 15) is 28.8 Å². The van der Waals surface area contributed by atoms with Gasteiger partial charge in [0.2, 0.25) is 5.91 Å². The number of imide groups is 1. The number of anilines is 2. The lowest BCUT2D eigenvalue weighted by Gasteiger charge is -2.31. The molecule has 0 spiro atoms. The maximum atomic E-state index is 14.1. The lowest BCUT2D eigenvalue weighted by Crippen LogP contribution is -2.42. The van der Waals surface area contributed by atoms with Crippen molar-refractivity contribution in [2.24, 2.45) is 15.4 Å². The number of carbonyl (C=O) groups is 6. The van der Waals surface area contributed by atoms with E-state index in [1.807, 2.05) is 80.6 Å². The highest BCUT2D eigenvalue weighted by atomic mass is 16.7. The van der Waals surface area contributed by atoms with E-state index in [0.29, 0.717) is 88.5 Å². The summed E-state index contributed by atoms with van der Waals surface area (Å²) < 4.78 is 36.8. The SMILES string of the molecule is COc1cc2c(cc1OCc1cc(COc3cc4c(cc3OC)C(=O)N3c5ccccc5C[C@H]3C=N4)cc(OCCCC(=O)NCCC(C)(C)OCC(C)(C)C(=O)ON3C(=O)CCC3=O)c1)N=C[C@@H]1Cc3ccccc3N1C2=O. The number of hydroxylamine groups is 2. The number of methoxy groups -OCH3 is 2.